The van der Waals surface area contributed by atoms with Crippen LogP contribution in [-0.4, -0.2) is 37.5 Å². The Labute approximate surface area is 169 Å². The molecule has 0 aliphatic carbocycles. The number of fused-ring (bicyclic) bond motifs is 1. The second-order valence-electron chi connectivity index (χ2n) is 6.81. The zero-order valence-electron chi connectivity index (χ0n) is 16.1. The summed E-state index contributed by atoms with van der Waals surface area (Å²) >= 11 is 0. The molecule has 3 aromatic rings. The van der Waals surface area contributed by atoms with E-state index in [0.29, 0.717) is 17.7 Å². The fourth-order valence-corrected chi connectivity index (χ4v) is 3.60. The van der Waals surface area contributed by atoms with E-state index >= 15 is 0 Å². The van der Waals surface area contributed by atoms with E-state index in [1.165, 1.54) is 31.2 Å². The number of sulfonamides is 1. The van der Waals surface area contributed by atoms with Crippen LogP contribution in [0.2, 0.25) is 0 Å². The molecule has 0 fully saturated rings. The van der Waals surface area contributed by atoms with Crippen LogP contribution in [0.5, 0.6) is 0 Å². The lowest BCUT2D eigenvalue weighted by Gasteiger charge is -2.13. The van der Waals surface area contributed by atoms with Gasteiger partial charge in [0.25, 0.3) is 0 Å². The first-order valence-electron chi connectivity index (χ1n) is 9.09. The summed E-state index contributed by atoms with van der Waals surface area (Å²) in [4.78, 5) is 27.8. The fraction of sp³-hybridized carbons (Fsp3) is 0.238. The molecule has 3 rings (SSSR count). The zero-order chi connectivity index (χ0) is 21.0. The van der Waals surface area contributed by atoms with Crippen molar-refractivity contribution >= 4 is 38.4 Å². The zero-order valence-corrected chi connectivity index (χ0v) is 17.0. The Morgan fingerprint density at radius 1 is 1.10 bits per heavy atom. The molecular weight excluding hydrogens is 392 g/mol. The molecule has 0 spiro atoms. The van der Waals surface area contributed by atoms with Gasteiger partial charge in [-0.15, -0.1) is 0 Å². The molecule has 0 amide bonds. The van der Waals surface area contributed by atoms with Gasteiger partial charge < -0.3 is 9.72 Å². The first-order chi connectivity index (χ1) is 13.7. The normalized spacial score (nSPS) is 12.5. The lowest BCUT2D eigenvalue weighted by atomic mass is 10.1. The minimum absolute atomic E-state index is 0.163. The second-order valence-corrected chi connectivity index (χ2v) is 8.56. The molecule has 1 atom stereocenters. The Morgan fingerprint density at radius 2 is 1.79 bits per heavy atom. The molecule has 1 aromatic heterocycles. The van der Waals surface area contributed by atoms with Gasteiger partial charge in [-0.2, -0.15) is 0 Å². The number of benzene rings is 2. The molecule has 2 N–H and O–H groups in total. The van der Waals surface area contributed by atoms with Crippen molar-refractivity contribution < 1.29 is 22.7 Å². The number of esters is 1. The molecule has 0 bridgehead atoms. The lowest BCUT2D eigenvalue weighted by molar-refractivity contribution is -0.146. The topological polar surface area (TPSA) is 105 Å². The van der Waals surface area contributed by atoms with Crippen molar-refractivity contribution in [1.82, 2.24) is 4.98 Å². The van der Waals surface area contributed by atoms with Crippen LogP contribution in [0.15, 0.2) is 54.7 Å². The molecular formula is C21H22N2O5S. The smallest absolute Gasteiger partial charge is 0.306 e. The number of aromatic amines is 1. The highest BCUT2D eigenvalue weighted by molar-refractivity contribution is 7.92. The van der Waals surface area contributed by atoms with Crippen molar-refractivity contribution in [3.63, 3.8) is 0 Å². The van der Waals surface area contributed by atoms with Gasteiger partial charge in [-0.1, -0.05) is 18.2 Å². The van der Waals surface area contributed by atoms with E-state index in [-0.39, 0.29) is 12.2 Å². The third kappa shape index (κ3) is 5.45. The van der Waals surface area contributed by atoms with Gasteiger partial charge in [0, 0.05) is 34.8 Å². The molecule has 7 nitrogen and oxygen atoms in total. The maximum absolute atomic E-state index is 12.5. The van der Waals surface area contributed by atoms with Crippen molar-refractivity contribution in [3.8, 4) is 0 Å². The van der Waals surface area contributed by atoms with Gasteiger partial charge in [0.1, 0.15) is 0 Å². The van der Waals surface area contributed by atoms with Crippen LogP contribution in [0.3, 0.4) is 0 Å². The quantitative estimate of drug-likeness (QED) is 0.435. The number of anilines is 1. The molecule has 29 heavy (non-hydrogen) atoms. The molecule has 0 aliphatic heterocycles. The minimum atomic E-state index is -3.39. The number of carbonyl (C=O) groups excluding carboxylic acids is 2. The summed E-state index contributed by atoms with van der Waals surface area (Å²) in [5.41, 5.74) is 2.71. The number of aromatic nitrogens is 1. The number of rotatable bonds is 8. The van der Waals surface area contributed by atoms with E-state index in [4.69, 9.17) is 4.74 Å². The van der Waals surface area contributed by atoms with Crippen molar-refractivity contribution in [3.05, 3.63) is 65.9 Å². The van der Waals surface area contributed by atoms with Gasteiger partial charge in [0.2, 0.25) is 15.8 Å². The summed E-state index contributed by atoms with van der Waals surface area (Å²) < 4.78 is 30.1. The van der Waals surface area contributed by atoms with Crippen molar-refractivity contribution in [1.29, 1.82) is 0 Å². The first-order valence-corrected chi connectivity index (χ1v) is 11.0. The Kier molecular flexibility index (Phi) is 6.03. The maximum atomic E-state index is 12.5. The molecule has 0 saturated heterocycles. The highest BCUT2D eigenvalue weighted by Gasteiger charge is 2.20. The molecule has 0 saturated carbocycles. The number of ether oxygens (including phenoxy) is 1. The summed E-state index contributed by atoms with van der Waals surface area (Å²) in [5, 5.41) is 1.06. The average Bonchev–Trinajstić information content (AvgIpc) is 3.08. The fourth-order valence-electron chi connectivity index (χ4n) is 3.04. The van der Waals surface area contributed by atoms with Crippen LogP contribution in [0.25, 0.3) is 10.9 Å². The summed E-state index contributed by atoms with van der Waals surface area (Å²) in [6, 6.07) is 13.8. The number of Topliss-reactive ketones (excluding diaryl/α,β-unsaturated/α-hetero) is 1. The molecule has 152 valence electrons. The summed E-state index contributed by atoms with van der Waals surface area (Å²) in [6.07, 6.45) is 2.66. The van der Waals surface area contributed by atoms with Crippen molar-refractivity contribution in [2.45, 2.75) is 25.9 Å². The minimum Gasteiger partial charge on any atom is -0.454 e. The monoisotopic (exact) mass is 414 g/mol. The number of para-hydroxylation sites is 1. The summed E-state index contributed by atoms with van der Waals surface area (Å²) in [7, 11) is -3.39. The molecule has 0 radical (unpaired) electrons. The van der Waals surface area contributed by atoms with Gasteiger partial charge in [0.05, 0.1) is 6.26 Å². The number of H-pyrrole nitrogens is 1. The van der Waals surface area contributed by atoms with E-state index in [9.17, 15) is 18.0 Å². The Bertz CT molecular complexity index is 1130. The molecule has 0 aliphatic rings. The highest BCUT2D eigenvalue weighted by atomic mass is 32.2. The average molecular weight is 414 g/mol. The molecule has 8 heteroatoms. The van der Waals surface area contributed by atoms with E-state index < -0.39 is 22.1 Å². The maximum Gasteiger partial charge on any atom is 0.306 e. The molecule has 2 aromatic carbocycles. The number of nitrogens with one attached hydrogen (secondary N) is 2. The predicted molar refractivity (Wildman–Crippen MR) is 111 cm³/mol. The van der Waals surface area contributed by atoms with Gasteiger partial charge in [-0.05, 0) is 49.2 Å². The second kappa shape index (κ2) is 8.48. The molecule has 0 unspecified atom stereocenters. The predicted octanol–water partition coefficient (Wildman–Crippen LogP) is 3.29. The SMILES string of the molecule is C[C@H](OC(=O)CCc1c[nH]c2ccccc12)C(=O)c1ccc(NS(C)(=O)=O)cc1. The standard InChI is InChI=1S/C21H22N2O5S/c1-14(21(25)15-7-10-17(11-8-15)23-29(2,26)27)28-20(24)12-9-16-13-22-19-6-4-3-5-18(16)19/h3-8,10-11,13-14,22-23H,9,12H2,1-2H3/t14-/m0/s1. The van der Waals surface area contributed by atoms with Gasteiger partial charge in [0.15, 0.2) is 6.10 Å². The third-order valence-corrected chi connectivity index (χ3v) is 5.03. The lowest BCUT2D eigenvalue weighted by Crippen LogP contribution is -2.24. The third-order valence-electron chi connectivity index (χ3n) is 4.42. The van der Waals surface area contributed by atoms with E-state index in [0.717, 1.165) is 22.7 Å². The highest BCUT2D eigenvalue weighted by Crippen LogP contribution is 2.19. The van der Waals surface area contributed by atoms with Crippen LogP contribution in [0.1, 0.15) is 29.3 Å². The Hall–Kier alpha value is -3.13. The Morgan fingerprint density at radius 3 is 2.48 bits per heavy atom. The molecule has 1 heterocycles. The van der Waals surface area contributed by atoms with Crippen LogP contribution >= 0.6 is 0 Å². The van der Waals surface area contributed by atoms with Crippen LogP contribution in [-0.2, 0) is 26.0 Å². The summed E-state index contributed by atoms with van der Waals surface area (Å²) in [5.74, 6) is -0.803. The first kappa shape index (κ1) is 20.6. The van der Waals surface area contributed by atoms with E-state index in [1.807, 2.05) is 30.5 Å². The number of hydrogen-bond acceptors (Lipinski definition) is 5. The van der Waals surface area contributed by atoms with Crippen molar-refractivity contribution in [2.75, 3.05) is 11.0 Å². The largest absolute Gasteiger partial charge is 0.454 e. The van der Waals surface area contributed by atoms with Crippen LogP contribution in [0.4, 0.5) is 5.69 Å². The van der Waals surface area contributed by atoms with E-state index in [2.05, 4.69) is 9.71 Å². The van der Waals surface area contributed by atoms with Crippen LogP contribution < -0.4 is 4.72 Å². The van der Waals surface area contributed by atoms with Crippen molar-refractivity contribution in [2.24, 2.45) is 0 Å². The number of hydrogen-bond donors (Lipinski definition) is 2. The Balaban J connectivity index is 1.55. The van der Waals surface area contributed by atoms with Gasteiger partial charge in [-0.3, -0.25) is 14.3 Å². The number of ketones is 1. The van der Waals surface area contributed by atoms with Gasteiger partial charge >= 0.3 is 5.97 Å². The van der Waals surface area contributed by atoms with Gasteiger partial charge in [-0.25, -0.2) is 8.42 Å². The summed E-state index contributed by atoms with van der Waals surface area (Å²) in [6.45, 7) is 1.52. The van der Waals surface area contributed by atoms with Crippen LogP contribution in [0, 0.1) is 0 Å². The number of aryl methyl sites for hydroxylation is 1. The van der Waals surface area contributed by atoms with E-state index in [1.54, 1.807) is 0 Å². The number of carbonyl (C=O) groups is 2.